The maximum Gasteiger partial charge on any atom is 0.273 e. The molecular formula is C30H36N8O4. The number of morpholine rings is 1. The van der Waals surface area contributed by atoms with Crippen molar-refractivity contribution < 1.29 is 19.1 Å². The predicted octanol–water partition coefficient (Wildman–Crippen LogP) is 2.49. The van der Waals surface area contributed by atoms with Crippen molar-refractivity contribution in [2.45, 2.75) is 38.6 Å². The fourth-order valence-electron chi connectivity index (χ4n) is 4.94. The second-order valence-electron chi connectivity index (χ2n) is 11.5. The predicted molar refractivity (Wildman–Crippen MR) is 158 cm³/mol. The lowest BCUT2D eigenvalue weighted by Crippen LogP contribution is -2.40. The van der Waals surface area contributed by atoms with Gasteiger partial charge in [0.2, 0.25) is 5.95 Å². The summed E-state index contributed by atoms with van der Waals surface area (Å²) in [7, 11) is 0. The van der Waals surface area contributed by atoms with E-state index >= 15 is 0 Å². The van der Waals surface area contributed by atoms with Crippen LogP contribution in [0.3, 0.4) is 0 Å². The molecule has 0 unspecified atom stereocenters. The van der Waals surface area contributed by atoms with Crippen LogP contribution < -0.4 is 21.3 Å². The quantitative estimate of drug-likeness (QED) is 0.387. The molecule has 220 valence electrons. The van der Waals surface area contributed by atoms with E-state index in [0.29, 0.717) is 68.6 Å². The van der Waals surface area contributed by atoms with E-state index in [1.807, 2.05) is 29.2 Å². The van der Waals surface area contributed by atoms with Gasteiger partial charge in [-0.1, -0.05) is 32.9 Å². The molecule has 12 nitrogen and oxygen atoms in total. The molecule has 42 heavy (non-hydrogen) atoms. The number of amides is 3. The first-order valence-corrected chi connectivity index (χ1v) is 14.0. The molecule has 0 spiro atoms. The SMILES string of the molecule is CC(C)(C)c1ccc(C(=O)N[C@@H]2CCN(c3nnc(C(N)=O)c(Nc4ccc(C(=O)N5CCOCC5)cc4)n3)C2)cc1. The number of benzene rings is 2. The number of nitrogens with one attached hydrogen (secondary N) is 2. The number of hydrogen-bond acceptors (Lipinski definition) is 9. The van der Waals surface area contributed by atoms with Crippen molar-refractivity contribution in [2.75, 3.05) is 49.6 Å². The minimum Gasteiger partial charge on any atom is -0.378 e. The molecule has 12 heteroatoms. The van der Waals surface area contributed by atoms with Crippen molar-refractivity contribution in [3.05, 3.63) is 70.9 Å². The van der Waals surface area contributed by atoms with Gasteiger partial charge in [-0.3, -0.25) is 14.4 Å². The van der Waals surface area contributed by atoms with E-state index in [-0.39, 0.29) is 34.8 Å². The van der Waals surface area contributed by atoms with Crippen LogP contribution in [-0.4, -0.2) is 83.2 Å². The lowest BCUT2D eigenvalue weighted by atomic mass is 9.86. The molecule has 0 radical (unpaired) electrons. The fraction of sp³-hybridized carbons (Fsp3) is 0.400. The van der Waals surface area contributed by atoms with Crippen molar-refractivity contribution in [3.8, 4) is 0 Å². The fourth-order valence-corrected chi connectivity index (χ4v) is 4.94. The summed E-state index contributed by atoms with van der Waals surface area (Å²) in [5.41, 5.74) is 8.37. The van der Waals surface area contributed by atoms with Gasteiger partial charge >= 0.3 is 0 Å². The zero-order valence-corrected chi connectivity index (χ0v) is 24.1. The topological polar surface area (TPSA) is 156 Å². The highest BCUT2D eigenvalue weighted by molar-refractivity contribution is 5.97. The Bertz CT molecular complexity index is 1450. The normalized spacial score (nSPS) is 17.2. The molecule has 3 aromatic rings. The standard InChI is InChI=1S/C30H36N8O4/c1-30(2,3)21-8-4-19(5-9-21)27(40)33-23-12-13-38(18-23)29-34-26(24(25(31)39)35-36-29)32-22-10-6-20(7-11-22)28(41)37-14-16-42-17-15-37/h4-11,23H,12-18H2,1-3H3,(H2,31,39)(H,33,40)(H,32,34,36)/t23-/m1/s1. The number of nitrogens with zero attached hydrogens (tertiary/aromatic N) is 5. The van der Waals surface area contributed by atoms with Gasteiger partial charge in [0.25, 0.3) is 17.7 Å². The maximum absolute atomic E-state index is 12.9. The molecule has 5 rings (SSSR count). The monoisotopic (exact) mass is 572 g/mol. The third kappa shape index (κ3) is 6.65. The first kappa shape index (κ1) is 28.9. The average Bonchev–Trinajstić information content (AvgIpc) is 3.45. The number of hydrogen-bond donors (Lipinski definition) is 3. The third-order valence-corrected chi connectivity index (χ3v) is 7.42. The largest absolute Gasteiger partial charge is 0.378 e. The number of nitrogens with two attached hydrogens (primary N) is 1. The summed E-state index contributed by atoms with van der Waals surface area (Å²) in [6.07, 6.45) is 0.703. The van der Waals surface area contributed by atoms with E-state index in [1.54, 1.807) is 29.2 Å². The van der Waals surface area contributed by atoms with Gasteiger partial charge in [0.1, 0.15) is 0 Å². The summed E-state index contributed by atoms with van der Waals surface area (Å²) in [4.78, 5) is 45.9. The highest BCUT2D eigenvalue weighted by Gasteiger charge is 2.28. The van der Waals surface area contributed by atoms with Crippen LogP contribution >= 0.6 is 0 Å². The molecule has 2 saturated heterocycles. The van der Waals surface area contributed by atoms with Crippen LogP contribution in [0.4, 0.5) is 17.5 Å². The Morgan fingerprint density at radius 1 is 0.929 bits per heavy atom. The van der Waals surface area contributed by atoms with Crippen molar-refractivity contribution in [2.24, 2.45) is 5.73 Å². The first-order chi connectivity index (χ1) is 20.1. The zero-order chi connectivity index (χ0) is 29.9. The van der Waals surface area contributed by atoms with Gasteiger partial charge in [-0.2, -0.15) is 4.98 Å². The van der Waals surface area contributed by atoms with Gasteiger partial charge in [-0.25, -0.2) is 0 Å². The number of aromatic nitrogens is 3. The summed E-state index contributed by atoms with van der Waals surface area (Å²) < 4.78 is 5.32. The lowest BCUT2D eigenvalue weighted by Gasteiger charge is -2.26. The molecule has 0 aliphatic carbocycles. The van der Waals surface area contributed by atoms with Crippen LogP contribution in [0, 0.1) is 0 Å². The average molecular weight is 573 g/mol. The van der Waals surface area contributed by atoms with Gasteiger partial charge < -0.3 is 30.9 Å². The van der Waals surface area contributed by atoms with E-state index < -0.39 is 5.91 Å². The highest BCUT2D eigenvalue weighted by Crippen LogP contribution is 2.24. The Labute approximate surface area is 244 Å². The minimum atomic E-state index is -0.771. The maximum atomic E-state index is 12.9. The van der Waals surface area contributed by atoms with Gasteiger partial charge in [0, 0.05) is 49.0 Å². The lowest BCUT2D eigenvalue weighted by molar-refractivity contribution is 0.0303. The Morgan fingerprint density at radius 3 is 2.24 bits per heavy atom. The number of carbonyl (C=O) groups is 3. The van der Waals surface area contributed by atoms with Crippen LogP contribution in [0.1, 0.15) is 64.0 Å². The molecule has 0 bridgehead atoms. The molecule has 2 aliphatic rings. The first-order valence-electron chi connectivity index (χ1n) is 14.0. The summed E-state index contributed by atoms with van der Waals surface area (Å²) in [6.45, 7) is 9.66. The van der Waals surface area contributed by atoms with Crippen molar-refractivity contribution >= 4 is 35.2 Å². The molecule has 4 N–H and O–H groups in total. The summed E-state index contributed by atoms with van der Waals surface area (Å²) in [5, 5.41) is 14.3. The van der Waals surface area contributed by atoms with E-state index in [2.05, 4.69) is 46.6 Å². The Hall–Kier alpha value is -4.58. The number of anilines is 3. The van der Waals surface area contributed by atoms with Gasteiger partial charge in [-0.15, -0.1) is 10.2 Å². The Kier molecular flexibility index (Phi) is 8.34. The van der Waals surface area contributed by atoms with Crippen molar-refractivity contribution in [1.82, 2.24) is 25.4 Å². The molecule has 3 amide bonds. The Morgan fingerprint density at radius 2 is 1.60 bits per heavy atom. The number of carbonyl (C=O) groups excluding carboxylic acids is 3. The molecular weight excluding hydrogens is 536 g/mol. The number of ether oxygens (including phenoxy) is 1. The molecule has 1 atom stereocenters. The molecule has 0 saturated carbocycles. The second kappa shape index (κ2) is 12.1. The van der Waals surface area contributed by atoms with E-state index in [4.69, 9.17) is 10.5 Å². The van der Waals surface area contributed by atoms with E-state index in [1.165, 1.54) is 0 Å². The Balaban J connectivity index is 1.24. The summed E-state index contributed by atoms with van der Waals surface area (Å²) in [5.74, 6) is -0.499. The molecule has 1 aromatic heterocycles. The summed E-state index contributed by atoms with van der Waals surface area (Å²) >= 11 is 0. The van der Waals surface area contributed by atoms with Crippen LogP contribution in [0.5, 0.6) is 0 Å². The molecule has 3 heterocycles. The van der Waals surface area contributed by atoms with Gasteiger partial charge in [-0.05, 0) is 53.8 Å². The van der Waals surface area contributed by atoms with Gasteiger partial charge in [0.05, 0.1) is 13.2 Å². The van der Waals surface area contributed by atoms with Crippen LogP contribution in [0.2, 0.25) is 0 Å². The van der Waals surface area contributed by atoms with Crippen LogP contribution in [0.25, 0.3) is 0 Å². The minimum absolute atomic E-state index is 0.0122. The van der Waals surface area contributed by atoms with Gasteiger partial charge in [0.15, 0.2) is 11.5 Å². The summed E-state index contributed by atoms with van der Waals surface area (Å²) in [6, 6.07) is 14.5. The highest BCUT2D eigenvalue weighted by atomic mass is 16.5. The van der Waals surface area contributed by atoms with Crippen LogP contribution in [-0.2, 0) is 10.2 Å². The zero-order valence-electron chi connectivity index (χ0n) is 24.1. The van der Waals surface area contributed by atoms with E-state index in [0.717, 1.165) is 5.56 Å². The second-order valence-corrected chi connectivity index (χ2v) is 11.5. The van der Waals surface area contributed by atoms with Crippen LogP contribution in [0.15, 0.2) is 48.5 Å². The van der Waals surface area contributed by atoms with Crippen molar-refractivity contribution in [1.29, 1.82) is 0 Å². The van der Waals surface area contributed by atoms with Crippen molar-refractivity contribution in [3.63, 3.8) is 0 Å². The molecule has 2 aromatic carbocycles. The number of rotatable bonds is 7. The molecule has 2 fully saturated rings. The third-order valence-electron chi connectivity index (χ3n) is 7.42. The molecule has 2 aliphatic heterocycles. The smallest absolute Gasteiger partial charge is 0.273 e. The van der Waals surface area contributed by atoms with E-state index in [9.17, 15) is 14.4 Å². The number of primary amides is 1.